The van der Waals surface area contributed by atoms with Gasteiger partial charge in [-0.1, -0.05) is 26.7 Å². The Morgan fingerprint density at radius 3 is 2.37 bits per heavy atom. The number of benzene rings is 1. The first-order chi connectivity index (χ1) is 9.01. The molecule has 0 aliphatic carbocycles. The normalized spacial score (nSPS) is 18.6. The van der Waals surface area contributed by atoms with E-state index in [1.54, 1.807) is 12.1 Å². The van der Waals surface area contributed by atoms with E-state index in [1.807, 2.05) is 0 Å². The van der Waals surface area contributed by atoms with Crippen molar-refractivity contribution >= 4 is 27.3 Å². The van der Waals surface area contributed by atoms with Crippen molar-refractivity contribution in [1.29, 1.82) is 0 Å². The van der Waals surface area contributed by atoms with Crippen molar-refractivity contribution in [2.45, 2.75) is 39.5 Å². The van der Waals surface area contributed by atoms with Crippen molar-refractivity contribution < 1.29 is 4.39 Å². The molecule has 4 heteroatoms. The first-order valence-electron chi connectivity index (χ1n) is 7.01. The molecule has 1 fully saturated rings. The minimum atomic E-state index is -0.244. The van der Waals surface area contributed by atoms with E-state index in [1.165, 1.54) is 12.8 Å². The summed E-state index contributed by atoms with van der Waals surface area (Å²) in [4.78, 5) is 2.22. The molecule has 1 aromatic carbocycles. The Hall–Kier alpha value is -0.770. The van der Waals surface area contributed by atoms with Crippen LogP contribution in [0.3, 0.4) is 0 Å². The zero-order valence-corrected chi connectivity index (χ0v) is 13.3. The Morgan fingerprint density at radius 1 is 1.26 bits per heavy atom. The second kappa shape index (κ2) is 5.70. The predicted molar refractivity (Wildman–Crippen MR) is 83.0 cm³/mol. The average Bonchev–Trinajstić information content (AvgIpc) is 2.43. The van der Waals surface area contributed by atoms with Crippen LogP contribution in [0.2, 0.25) is 0 Å². The predicted octanol–water partition coefficient (Wildman–Crippen LogP) is 4.58. The van der Waals surface area contributed by atoms with E-state index in [9.17, 15) is 4.39 Å². The molecule has 0 radical (unpaired) electrons. The minimum absolute atomic E-state index is 0.244. The zero-order valence-electron chi connectivity index (χ0n) is 11.7. The average molecular weight is 329 g/mol. The summed E-state index contributed by atoms with van der Waals surface area (Å²) in [7, 11) is 0. The third kappa shape index (κ3) is 2.88. The van der Waals surface area contributed by atoms with E-state index in [2.05, 4.69) is 34.7 Å². The fourth-order valence-corrected chi connectivity index (χ4v) is 3.37. The van der Waals surface area contributed by atoms with E-state index >= 15 is 0 Å². The Bertz CT molecular complexity index is 448. The second-order valence-corrected chi connectivity index (χ2v) is 6.37. The number of nitrogens with two attached hydrogens (primary N) is 1. The van der Waals surface area contributed by atoms with E-state index in [-0.39, 0.29) is 5.82 Å². The number of halogens is 2. The van der Waals surface area contributed by atoms with Gasteiger partial charge in [-0.3, -0.25) is 0 Å². The number of anilines is 2. The molecule has 1 aromatic rings. The maximum atomic E-state index is 13.7. The van der Waals surface area contributed by atoms with Gasteiger partial charge in [0, 0.05) is 19.2 Å². The number of hydrogen-bond acceptors (Lipinski definition) is 2. The molecule has 2 rings (SSSR count). The lowest BCUT2D eigenvalue weighted by atomic mass is 9.74. The quantitative estimate of drug-likeness (QED) is 0.823. The van der Waals surface area contributed by atoms with Crippen molar-refractivity contribution in [2.75, 3.05) is 23.7 Å². The Balaban J connectivity index is 2.16. The van der Waals surface area contributed by atoms with Crippen LogP contribution in [0.1, 0.15) is 39.5 Å². The van der Waals surface area contributed by atoms with Crippen LogP contribution in [0.25, 0.3) is 0 Å². The fourth-order valence-electron chi connectivity index (χ4n) is 3.00. The third-order valence-corrected chi connectivity index (χ3v) is 5.34. The number of piperidine rings is 1. The summed E-state index contributed by atoms with van der Waals surface area (Å²) in [5, 5.41) is 0. The summed E-state index contributed by atoms with van der Waals surface area (Å²) in [5.41, 5.74) is 7.97. The molecule has 2 nitrogen and oxygen atoms in total. The summed E-state index contributed by atoms with van der Waals surface area (Å²) in [5.74, 6) is -0.244. The Kier molecular flexibility index (Phi) is 4.39. The van der Waals surface area contributed by atoms with E-state index in [0.29, 0.717) is 15.6 Å². The lowest BCUT2D eigenvalue weighted by Gasteiger charge is -2.42. The molecule has 0 aromatic heterocycles. The topological polar surface area (TPSA) is 29.3 Å². The monoisotopic (exact) mass is 328 g/mol. The van der Waals surface area contributed by atoms with Crippen LogP contribution < -0.4 is 10.6 Å². The molecule has 2 N–H and O–H groups in total. The first kappa shape index (κ1) is 14.6. The van der Waals surface area contributed by atoms with Gasteiger partial charge in [0.15, 0.2) is 0 Å². The first-order valence-corrected chi connectivity index (χ1v) is 7.80. The van der Waals surface area contributed by atoms with Crippen molar-refractivity contribution in [3.05, 3.63) is 22.4 Å². The Morgan fingerprint density at radius 2 is 1.84 bits per heavy atom. The molecule has 1 saturated heterocycles. The second-order valence-electron chi connectivity index (χ2n) is 5.52. The summed E-state index contributed by atoms with van der Waals surface area (Å²) in [6.07, 6.45) is 4.78. The highest BCUT2D eigenvalue weighted by Gasteiger charge is 2.31. The summed E-state index contributed by atoms with van der Waals surface area (Å²) >= 11 is 3.17. The van der Waals surface area contributed by atoms with Crippen LogP contribution in [0.5, 0.6) is 0 Å². The van der Waals surface area contributed by atoms with Crippen molar-refractivity contribution in [2.24, 2.45) is 5.41 Å². The molecule has 0 amide bonds. The van der Waals surface area contributed by atoms with Crippen molar-refractivity contribution in [3.63, 3.8) is 0 Å². The number of rotatable bonds is 3. The van der Waals surface area contributed by atoms with Gasteiger partial charge >= 0.3 is 0 Å². The van der Waals surface area contributed by atoms with Crippen LogP contribution in [-0.4, -0.2) is 13.1 Å². The third-order valence-electron chi connectivity index (χ3n) is 4.73. The molecular weight excluding hydrogens is 307 g/mol. The van der Waals surface area contributed by atoms with Crippen molar-refractivity contribution in [3.8, 4) is 0 Å². The maximum Gasteiger partial charge on any atom is 0.139 e. The van der Waals surface area contributed by atoms with Gasteiger partial charge in [-0.05, 0) is 40.3 Å². The van der Waals surface area contributed by atoms with E-state index in [4.69, 9.17) is 5.73 Å². The van der Waals surface area contributed by atoms with E-state index in [0.717, 1.165) is 31.6 Å². The molecule has 106 valence electrons. The van der Waals surface area contributed by atoms with Crippen LogP contribution in [0.4, 0.5) is 15.8 Å². The highest BCUT2D eigenvalue weighted by atomic mass is 79.9. The van der Waals surface area contributed by atoms with Crippen LogP contribution in [0.15, 0.2) is 16.6 Å². The minimum Gasteiger partial charge on any atom is -0.397 e. The maximum absolute atomic E-state index is 13.7. The number of hydrogen-bond donors (Lipinski definition) is 1. The van der Waals surface area contributed by atoms with Gasteiger partial charge < -0.3 is 10.6 Å². The largest absolute Gasteiger partial charge is 0.397 e. The lowest BCUT2D eigenvalue weighted by Crippen LogP contribution is -2.40. The molecule has 1 aliphatic heterocycles. The van der Waals surface area contributed by atoms with Crippen LogP contribution >= 0.6 is 15.9 Å². The van der Waals surface area contributed by atoms with E-state index < -0.39 is 0 Å². The molecule has 0 atom stereocenters. The summed E-state index contributed by atoms with van der Waals surface area (Å²) < 4.78 is 14.1. The standard InChI is InChI=1S/C15H22BrFN2/c1-3-15(4-2)5-7-19(8-6-15)14-10-12(17)11(16)9-13(14)18/h9-10H,3-8,18H2,1-2H3. The molecule has 0 unspecified atom stereocenters. The molecule has 1 aliphatic rings. The fraction of sp³-hybridized carbons (Fsp3) is 0.600. The summed E-state index contributed by atoms with van der Waals surface area (Å²) in [6.45, 7) is 6.47. The van der Waals surface area contributed by atoms with Gasteiger partial charge in [-0.2, -0.15) is 0 Å². The molecule has 0 spiro atoms. The van der Waals surface area contributed by atoms with Crippen LogP contribution in [-0.2, 0) is 0 Å². The molecule has 19 heavy (non-hydrogen) atoms. The highest BCUT2D eigenvalue weighted by molar-refractivity contribution is 9.10. The molecule has 0 saturated carbocycles. The van der Waals surface area contributed by atoms with Gasteiger partial charge in [0.1, 0.15) is 5.82 Å². The SMILES string of the molecule is CCC1(CC)CCN(c2cc(F)c(Br)cc2N)CC1. The van der Waals surface area contributed by atoms with Gasteiger partial charge in [-0.25, -0.2) is 4.39 Å². The lowest BCUT2D eigenvalue weighted by molar-refractivity contribution is 0.199. The van der Waals surface area contributed by atoms with Gasteiger partial charge in [0.05, 0.1) is 15.8 Å². The van der Waals surface area contributed by atoms with Gasteiger partial charge in [-0.15, -0.1) is 0 Å². The van der Waals surface area contributed by atoms with Crippen LogP contribution in [0, 0.1) is 11.2 Å². The van der Waals surface area contributed by atoms with Crippen molar-refractivity contribution in [1.82, 2.24) is 0 Å². The Labute approximate surface area is 123 Å². The number of nitrogen functional groups attached to an aromatic ring is 1. The van der Waals surface area contributed by atoms with Gasteiger partial charge in [0.25, 0.3) is 0 Å². The highest BCUT2D eigenvalue weighted by Crippen LogP contribution is 2.40. The summed E-state index contributed by atoms with van der Waals surface area (Å²) in [6, 6.07) is 3.20. The molecule has 0 bridgehead atoms. The van der Waals surface area contributed by atoms with Gasteiger partial charge in [0.2, 0.25) is 0 Å². The number of nitrogens with zero attached hydrogens (tertiary/aromatic N) is 1. The molecule has 1 heterocycles. The smallest absolute Gasteiger partial charge is 0.139 e. The zero-order chi connectivity index (χ0) is 14.0. The molecular formula is C15H22BrFN2.